The predicted molar refractivity (Wildman–Crippen MR) is 89.1 cm³/mol. The number of benzene rings is 2. The van der Waals surface area contributed by atoms with Crippen LogP contribution in [0.25, 0.3) is 22.6 Å². The Kier molecular flexibility index (Phi) is 4.51. The Morgan fingerprint density at radius 2 is 1.82 bits per heavy atom. The van der Waals surface area contributed by atoms with Crippen LogP contribution >= 0.6 is 0 Å². The lowest BCUT2D eigenvalue weighted by atomic mass is 10.1. The average molecular weight is 296 g/mol. The Morgan fingerprint density at radius 3 is 2.45 bits per heavy atom. The molecule has 0 aliphatic rings. The molecule has 0 saturated heterocycles. The van der Waals surface area contributed by atoms with E-state index in [-0.39, 0.29) is 13.2 Å². The molecule has 114 valence electrons. The number of aromatic hydroxyl groups is 1. The molecule has 1 heterocycles. The summed E-state index contributed by atoms with van der Waals surface area (Å²) >= 11 is 0. The van der Waals surface area contributed by atoms with Crippen LogP contribution in [0.15, 0.2) is 48.5 Å². The van der Waals surface area contributed by atoms with Gasteiger partial charge in [-0.3, -0.25) is 0 Å². The van der Waals surface area contributed by atoms with E-state index < -0.39 is 0 Å². The van der Waals surface area contributed by atoms with Crippen molar-refractivity contribution in [1.29, 1.82) is 0 Å². The number of methoxy groups -OCH3 is 1. The smallest absolute Gasteiger partial charge is 0.142 e. The second-order valence-corrected chi connectivity index (χ2v) is 4.81. The highest BCUT2D eigenvalue weighted by molar-refractivity contribution is 5.71. The zero-order valence-electron chi connectivity index (χ0n) is 11.9. The van der Waals surface area contributed by atoms with Gasteiger partial charge in [0.2, 0.25) is 0 Å². The lowest BCUT2D eigenvalue weighted by molar-refractivity contribution is 0.408. The van der Waals surface area contributed by atoms with Gasteiger partial charge < -0.3 is 14.8 Å². The molecule has 0 aliphatic carbocycles. The SMILES string of the molecule is C.COc1ccc(-c2nc(-c3ccccc3)c(C)[nH]2)c(O)c1. The van der Waals surface area contributed by atoms with Crippen molar-refractivity contribution in [1.82, 2.24) is 9.97 Å². The van der Waals surface area contributed by atoms with Crippen LogP contribution in [0.2, 0.25) is 0 Å². The van der Waals surface area contributed by atoms with E-state index in [9.17, 15) is 5.11 Å². The van der Waals surface area contributed by atoms with Crippen LogP contribution < -0.4 is 4.74 Å². The van der Waals surface area contributed by atoms with E-state index in [1.165, 1.54) is 0 Å². The second kappa shape index (κ2) is 6.35. The lowest BCUT2D eigenvalue weighted by Gasteiger charge is -2.04. The molecule has 0 saturated carbocycles. The van der Waals surface area contributed by atoms with Gasteiger partial charge in [-0.05, 0) is 19.1 Å². The molecule has 2 N–H and O–H groups in total. The number of aryl methyl sites for hydroxylation is 1. The van der Waals surface area contributed by atoms with Gasteiger partial charge in [0.25, 0.3) is 0 Å². The van der Waals surface area contributed by atoms with E-state index in [1.54, 1.807) is 25.3 Å². The van der Waals surface area contributed by atoms with Crippen LogP contribution in [0.3, 0.4) is 0 Å². The van der Waals surface area contributed by atoms with Crippen molar-refractivity contribution in [2.75, 3.05) is 7.11 Å². The summed E-state index contributed by atoms with van der Waals surface area (Å²) in [5.74, 6) is 1.40. The molecule has 1 aromatic heterocycles. The largest absolute Gasteiger partial charge is 0.507 e. The Hall–Kier alpha value is -2.75. The minimum absolute atomic E-state index is 0. The van der Waals surface area contributed by atoms with Crippen LogP contribution in [-0.4, -0.2) is 22.2 Å². The molecule has 0 spiro atoms. The molecule has 3 aromatic rings. The number of ether oxygens (including phenoxy) is 1. The fourth-order valence-electron chi connectivity index (χ4n) is 2.30. The molecule has 0 fully saturated rings. The quantitative estimate of drug-likeness (QED) is 0.753. The van der Waals surface area contributed by atoms with Gasteiger partial charge in [-0.25, -0.2) is 4.98 Å². The van der Waals surface area contributed by atoms with E-state index in [1.807, 2.05) is 37.3 Å². The molecule has 0 atom stereocenters. The standard InChI is InChI=1S/C17H16N2O2.CH4/c1-11-16(12-6-4-3-5-7-12)19-17(18-11)14-9-8-13(21-2)10-15(14)20;/h3-10,20H,1-2H3,(H,18,19);1H4. The summed E-state index contributed by atoms with van der Waals surface area (Å²) in [6.45, 7) is 1.97. The number of phenolic OH excluding ortho intramolecular Hbond substituents is 1. The number of hydrogen-bond acceptors (Lipinski definition) is 3. The molecule has 0 unspecified atom stereocenters. The van der Waals surface area contributed by atoms with Gasteiger partial charge in [0.15, 0.2) is 0 Å². The molecule has 22 heavy (non-hydrogen) atoms. The summed E-state index contributed by atoms with van der Waals surface area (Å²) in [4.78, 5) is 7.84. The predicted octanol–water partition coefficient (Wildman–Crippen LogP) is 4.40. The summed E-state index contributed by atoms with van der Waals surface area (Å²) in [7, 11) is 1.57. The molecule has 0 aliphatic heterocycles. The van der Waals surface area contributed by atoms with Gasteiger partial charge in [0.1, 0.15) is 17.3 Å². The molecule has 0 bridgehead atoms. The highest BCUT2D eigenvalue weighted by atomic mass is 16.5. The van der Waals surface area contributed by atoms with Gasteiger partial charge >= 0.3 is 0 Å². The molecule has 2 aromatic carbocycles. The van der Waals surface area contributed by atoms with Crippen molar-refractivity contribution in [2.24, 2.45) is 0 Å². The first kappa shape index (κ1) is 15.6. The number of nitrogens with one attached hydrogen (secondary N) is 1. The van der Waals surface area contributed by atoms with Gasteiger partial charge in [0, 0.05) is 17.3 Å². The summed E-state index contributed by atoms with van der Waals surface area (Å²) in [5.41, 5.74) is 3.55. The summed E-state index contributed by atoms with van der Waals surface area (Å²) in [6.07, 6.45) is 0. The zero-order chi connectivity index (χ0) is 14.8. The van der Waals surface area contributed by atoms with E-state index in [4.69, 9.17) is 4.74 Å². The van der Waals surface area contributed by atoms with E-state index in [2.05, 4.69) is 9.97 Å². The fraction of sp³-hybridized carbons (Fsp3) is 0.167. The number of H-pyrrole nitrogens is 1. The Labute approximate surface area is 130 Å². The molecular weight excluding hydrogens is 276 g/mol. The minimum atomic E-state index is 0. The van der Waals surface area contributed by atoms with Crippen LogP contribution in [0, 0.1) is 6.92 Å². The minimum Gasteiger partial charge on any atom is -0.507 e. The van der Waals surface area contributed by atoms with Crippen molar-refractivity contribution >= 4 is 0 Å². The Morgan fingerprint density at radius 1 is 1.09 bits per heavy atom. The lowest BCUT2D eigenvalue weighted by Crippen LogP contribution is -1.86. The number of rotatable bonds is 3. The number of hydrogen-bond donors (Lipinski definition) is 2. The van der Waals surface area contributed by atoms with Crippen LogP contribution in [0.4, 0.5) is 0 Å². The van der Waals surface area contributed by atoms with E-state index in [0.717, 1.165) is 17.0 Å². The molecule has 4 heteroatoms. The van der Waals surface area contributed by atoms with Crippen LogP contribution in [-0.2, 0) is 0 Å². The van der Waals surface area contributed by atoms with E-state index in [0.29, 0.717) is 17.1 Å². The van der Waals surface area contributed by atoms with Crippen molar-refractivity contribution < 1.29 is 9.84 Å². The third-order valence-electron chi connectivity index (χ3n) is 3.39. The van der Waals surface area contributed by atoms with Crippen LogP contribution in [0.5, 0.6) is 11.5 Å². The maximum absolute atomic E-state index is 10.1. The fourth-order valence-corrected chi connectivity index (χ4v) is 2.30. The van der Waals surface area contributed by atoms with E-state index >= 15 is 0 Å². The third-order valence-corrected chi connectivity index (χ3v) is 3.39. The number of aromatic amines is 1. The summed E-state index contributed by atoms with van der Waals surface area (Å²) in [6, 6.07) is 15.1. The van der Waals surface area contributed by atoms with Crippen molar-refractivity contribution in [3.05, 3.63) is 54.2 Å². The van der Waals surface area contributed by atoms with Gasteiger partial charge in [-0.1, -0.05) is 37.8 Å². The summed E-state index contributed by atoms with van der Waals surface area (Å²) < 4.78 is 5.09. The number of aromatic nitrogens is 2. The topological polar surface area (TPSA) is 58.1 Å². The maximum atomic E-state index is 10.1. The molecule has 0 amide bonds. The van der Waals surface area contributed by atoms with Crippen LogP contribution in [0.1, 0.15) is 13.1 Å². The average Bonchev–Trinajstić information content (AvgIpc) is 2.89. The highest BCUT2D eigenvalue weighted by Crippen LogP contribution is 2.33. The first-order valence-electron chi connectivity index (χ1n) is 6.68. The molecule has 3 rings (SSSR count). The molecular formula is C18H20N2O2. The van der Waals surface area contributed by atoms with Gasteiger partial charge in [-0.15, -0.1) is 0 Å². The first-order chi connectivity index (χ1) is 10.2. The summed E-state index contributed by atoms with van der Waals surface area (Å²) in [5, 5.41) is 10.1. The highest BCUT2D eigenvalue weighted by Gasteiger charge is 2.13. The third kappa shape index (κ3) is 2.81. The van der Waals surface area contributed by atoms with Crippen molar-refractivity contribution in [3.8, 4) is 34.1 Å². The first-order valence-corrected chi connectivity index (χ1v) is 6.68. The Balaban J connectivity index is 0.00000176. The molecule has 0 radical (unpaired) electrons. The van der Waals surface area contributed by atoms with Crippen molar-refractivity contribution in [3.63, 3.8) is 0 Å². The molecule has 4 nitrogen and oxygen atoms in total. The number of imidazole rings is 1. The second-order valence-electron chi connectivity index (χ2n) is 4.81. The van der Waals surface area contributed by atoms with Crippen molar-refractivity contribution in [2.45, 2.75) is 14.4 Å². The number of phenols is 1. The normalized spacial score (nSPS) is 10.1. The maximum Gasteiger partial charge on any atom is 0.142 e. The monoisotopic (exact) mass is 296 g/mol. The van der Waals surface area contributed by atoms with Gasteiger partial charge in [-0.2, -0.15) is 0 Å². The number of nitrogens with zero attached hydrogens (tertiary/aromatic N) is 1. The van der Waals surface area contributed by atoms with Gasteiger partial charge in [0.05, 0.1) is 18.4 Å². The zero-order valence-corrected chi connectivity index (χ0v) is 11.9. The Bertz CT molecular complexity index is 764.